The van der Waals surface area contributed by atoms with Gasteiger partial charge in [0.25, 0.3) is 0 Å². The number of aromatic nitrogens is 1. The van der Waals surface area contributed by atoms with E-state index in [0.717, 1.165) is 0 Å². The average Bonchev–Trinajstić information content (AvgIpc) is 2.25. The molecule has 0 radical (unpaired) electrons. The summed E-state index contributed by atoms with van der Waals surface area (Å²) in [4.78, 5) is 25.4. The van der Waals surface area contributed by atoms with E-state index in [4.69, 9.17) is 5.11 Å². The summed E-state index contributed by atoms with van der Waals surface area (Å²) in [6, 6.07) is 1.74. The van der Waals surface area contributed by atoms with Crippen LogP contribution < -0.4 is 5.32 Å². The summed E-state index contributed by atoms with van der Waals surface area (Å²) in [6.07, 6.45) is 1.53. The molecule has 0 spiro atoms. The second-order valence-corrected chi connectivity index (χ2v) is 3.25. The van der Waals surface area contributed by atoms with Gasteiger partial charge in [-0.2, -0.15) is 0 Å². The molecule has 1 aromatic heterocycles. The number of aliphatic carboxylic acids is 1. The first-order chi connectivity index (χ1) is 7.52. The third-order valence-corrected chi connectivity index (χ3v) is 1.97. The van der Waals surface area contributed by atoms with Gasteiger partial charge in [-0.1, -0.05) is 6.07 Å². The summed E-state index contributed by atoms with van der Waals surface area (Å²) in [7, 11) is 0. The van der Waals surface area contributed by atoms with Gasteiger partial charge in [0, 0.05) is 24.9 Å². The standard InChI is InChI=1S/C10H12N2O4/c1-6(13)12-8(10(15)16)9(14)7-3-2-4-11-5-7/h2-5,8-9,14H,1H3,(H,12,13)(H,15,16). The third-order valence-electron chi connectivity index (χ3n) is 1.97. The zero-order valence-corrected chi connectivity index (χ0v) is 8.62. The second-order valence-electron chi connectivity index (χ2n) is 3.25. The Morgan fingerprint density at radius 1 is 1.50 bits per heavy atom. The molecule has 0 aliphatic carbocycles. The maximum Gasteiger partial charge on any atom is 0.329 e. The number of rotatable bonds is 4. The van der Waals surface area contributed by atoms with E-state index in [9.17, 15) is 14.7 Å². The van der Waals surface area contributed by atoms with Gasteiger partial charge < -0.3 is 15.5 Å². The quantitative estimate of drug-likeness (QED) is 0.652. The molecule has 0 bridgehead atoms. The summed E-state index contributed by atoms with van der Waals surface area (Å²) < 4.78 is 0. The molecule has 6 heteroatoms. The van der Waals surface area contributed by atoms with Gasteiger partial charge in [-0.3, -0.25) is 9.78 Å². The molecule has 1 rings (SSSR count). The Kier molecular flexibility index (Phi) is 3.96. The Balaban J connectivity index is 2.87. The molecule has 2 unspecified atom stereocenters. The monoisotopic (exact) mass is 224 g/mol. The fourth-order valence-electron chi connectivity index (χ4n) is 1.24. The number of pyridine rings is 1. The fraction of sp³-hybridized carbons (Fsp3) is 0.300. The first kappa shape index (κ1) is 12.1. The minimum atomic E-state index is -1.37. The number of hydrogen-bond donors (Lipinski definition) is 3. The van der Waals surface area contributed by atoms with E-state index in [1.165, 1.54) is 25.4 Å². The van der Waals surface area contributed by atoms with E-state index in [1.807, 2.05) is 0 Å². The lowest BCUT2D eigenvalue weighted by Crippen LogP contribution is -2.44. The van der Waals surface area contributed by atoms with Crippen LogP contribution >= 0.6 is 0 Å². The number of nitrogens with zero attached hydrogens (tertiary/aromatic N) is 1. The van der Waals surface area contributed by atoms with Crippen LogP contribution in [0, 0.1) is 0 Å². The van der Waals surface area contributed by atoms with Gasteiger partial charge in [-0.05, 0) is 6.07 Å². The molecule has 0 aliphatic heterocycles. The third kappa shape index (κ3) is 3.03. The van der Waals surface area contributed by atoms with Crippen LogP contribution in [0.2, 0.25) is 0 Å². The predicted molar refractivity (Wildman–Crippen MR) is 54.4 cm³/mol. The first-order valence-corrected chi connectivity index (χ1v) is 4.60. The minimum absolute atomic E-state index is 0.337. The van der Waals surface area contributed by atoms with Gasteiger partial charge >= 0.3 is 5.97 Å². The van der Waals surface area contributed by atoms with Crippen molar-refractivity contribution in [3.8, 4) is 0 Å². The smallest absolute Gasteiger partial charge is 0.329 e. The fourth-order valence-corrected chi connectivity index (χ4v) is 1.24. The number of carbonyl (C=O) groups is 2. The molecule has 0 aromatic carbocycles. The van der Waals surface area contributed by atoms with Crippen molar-refractivity contribution in [2.45, 2.75) is 19.1 Å². The van der Waals surface area contributed by atoms with Crippen molar-refractivity contribution in [3.63, 3.8) is 0 Å². The van der Waals surface area contributed by atoms with Crippen molar-refractivity contribution in [1.29, 1.82) is 0 Å². The lowest BCUT2D eigenvalue weighted by Gasteiger charge is -2.19. The van der Waals surface area contributed by atoms with Crippen LogP contribution in [0.4, 0.5) is 0 Å². The number of carboxylic acids is 1. The molecule has 0 saturated carbocycles. The Labute approximate surface area is 91.9 Å². The van der Waals surface area contributed by atoms with Crippen molar-refractivity contribution >= 4 is 11.9 Å². The zero-order chi connectivity index (χ0) is 12.1. The van der Waals surface area contributed by atoms with Gasteiger partial charge in [0.05, 0.1) is 0 Å². The lowest BCUT2D eigenvalue weighted by molar-refractivity contribution is -0.145. The van der Waals surface area contributed by atoms with Crippen molar-refractivity contribution in [2.24, 2.45) is 0 Å². The number of nitrogens with one attached hydrogen (secondary N) is 1. The molecule has 2 atom stereocenters. The summed E-state index contributed by atoms with van der Waals surface area (Å²) >= 11 is 0. The summed E-state index contributed by atoms with van der Waals surface area (Å²) in [5.41, 5.74) is 0.337. The molecular weight excluding hydrogens is 212 g/mol. The summed E-state index contributed by atoms with van der Waals surface area (Å²) in [5, 5.41) is 20.8. The number of amides is 1. The molecular formula is C10H12N2O4. The van der Waals surface area contributed by atoms with Crippen LogP contribution in [0.5, 0.6) is 0 Å². The van der Waals surface area contributed by atoms with Crippen LogP contribution in [0.1, 0.15) is 18.6 Å². The maximum absolute atomic E-state index is 10.9. The van der Waals surface area contributed by atoms with Crippen LogP contribution in [-0.2, 0) is 9.59 Å². The molecule has 0 aliphatic rings. The average molecular weight is 224 g/mol. The van der Waals surface area contributed by atoms with E-state index >= 15 is 0 Å². The molecule has 0 fully saturated rings. The van der Waals surface area contributed by atoms with Crippen LogP contribution in [0.15, 0.2) is 24.5 Å². The Morgan fingerprint density at radius 3 is 2.62 bits per heavy atom. The highest BCUT2D eigenvalue weighted by molar-refractivity contribution is 5.82. The van der Waals surface area contributed by atoms with E-state index in [1.54, 1.807) is 6.07 Å². The van der Waals surface area contributed by atoms with Gasteiger partial charge in [0.2, 0.25) is 5.91 Å². The van der Waals surface area contributed by atoms with Gasteiger partial charge in [0.1, 0.15) is 6.10 Å². The Hall–Kier alpha value is -1.95. The summed E-state index contributed by atoms with van der Waals surface area (Å²) in [5.74, 6) is -1.82. The number of carbonyl (C=O) groups excluding carboxylic acids is 1. The SMILES string of the molecule is CC(=O)NC(C(=O)O)C(O)c1cccnc1. The maximum atomic E-state index is 10.9. The highest BCUT2D eigenvalue weighted by Gasteiger charge is 2.28. The van der Waals surface area contributed by atoms with Gasteiger partial charge in [-0.25, -0.2) is 4.79 Å². The summed E-state index contributed by atoms with van der Waals surface area (Å²) in [6.45, 7) is 1.19. The molecule has 86 valence electrons. The first-order valence-electron chi connectivity index (χ1n) is 4.60. The molecule has 16 heavy (non-hydrogen) atoms. The number of aliphatic hydroxyl groups is 1. The molecule has 1 heterocycles. The molecule has 6 nitrogen and oxygen atoms in total. The highest BCUT2D eigenvalue weighted by Crippen LogP contribution is 2.15. The van der Waals surface area contributed by atoms with Gasteiger partial charge in [-0.15, -0.1) is 0 Å². The Morgan fingerprint density at radius 2 is 2.19 bits per heavy atom. The minimum Gasteiger partial charge on any atom is -0.480 e. The normalized spacial score (nSPS) is 13.9. The van der Waals surface area contributed by atoms with E-state index < -0.39 is 24.0 Å². The second kappa shape index (κ2) is 5.22. The largest absolute Gasteiger partial charge is 0.480 e. The Bertz CT molecular complexity index is 380. The highest BCUT2D eigenvalue weighted by atomic mass is 16.4. The predicted octanol–water partition coefficient (Wildman–Crippen LogP) is -0.296. The molecule has 1 amide bonds. The topological polar surface area (TPSA) is 99.5 Å². The van der Waals surface area contributed by atoms with Crippen molar-refractivity contribution < 1.29 is 19.8 Å². The zero-order valence-electron chi connectivity index (χ0n) is 8.62. The van der Waals surface area contributed by atoms with E-state index in [2.05, 4.69) is 10.3 Å². The van der Waals surface area contributed by atoms with Crippen molar-refractivity contribution in [1.82, 2.24) is 10.3 Å². The number of carboxylic acid groups (broad SMARTS) is 1. The van der Waals surface area contributed by atoms with Crippen molar-refractivity contribution in [3.05, 3.63) is 30.1 Å². The lowest BCUT2D eigenvalue weighted by atomic mass is 10.0. The molecule has 3 N–H and O–H groups in total. The molecule has 0 saturated heterocycles. The molecule has 1 aromatic rings. The van der Waals surface area contributed by atoms with Crippen LogP contribution in [0.3, 0.4) is 0 Å². The van der Waals surface area contributed by atoms with Crippen molar-refractivity contribution in [2.75, 3.05) is 0 Å². The number of hydrogen-bond acceptors (Lipinski definition) is 4. The van der Waals surface area contributed by atoms with E-state index in [-0.39, 0.29) is 0 Å². The number of aliphatic hydroxyl groups excluding tert-OH is 1. The van der Waals surface area contributed by atoms with E-state index in [0.29, 0.717) is 5.56 Å². The van der Waals surface area contributed by atoms with Gasteiger partial charge in [0.15, 0.2) is 6.04 Å². The van der Waals surface area contributed by atoms with Crippen LogP contribution in [-0.4, -0.2) is 33.1 Å². The van der Waals surface area contributed by atoms with Crippen LogP contribution in [0.25, 0.3) is 0 Å².